The zero-order chi connectivity index (χ0) is 14.5. The van der Waals surface area contributed by atoms with Crippen LogP contribution in [-0.2, 0) is 16.0 Å². The zero-order valence-corrected chi connectivity index (χ0v) is 11.5. The maximum atomic E-state index is 11.8. The van der Waals surface area contributed by atoms with Crippen LogP contribution in [0.5, 0.6) is 0 Å². The van der Waals surface area contributed by atoms with Gasteiger partial charge in [-0.15, -0.1) is 0 Å². The molecule has 1 aliphatic rings. The van der Waals surface area contributed by atoms with E-state index in [2.05, 4.69) is 10.3 Å². The molecule has 8 heteroatoms. The maximum Gasteiger partial charge on any atom is 0.330 e. The molecule has 0 bridgehead atoms. The molecule has 0 amide bonds. The van der Waals surface area contributed by atoms with Crippen molar-refractivity contribution in [3.8, 4) is 0 Å². The minimum absolute atomic E-state index is 0.134. The van der Waals surface area contributed by atoms with E-state index in [4.69, 9.17) is 15.2 Å². The topological polar surface area (TPSA) is 111 Å². The highest BCUT2D eigenvalue weighted by Gasteiger charge is 2.18. The Morgan fingerprint density at radius 2 is 2.35 bits per heavy atom. The highest BCUT2D eigenvalue weighted by molar-refractivity contribution is 5.60. The SMILES string of the molecule is COCCn1c(N)c(NCC2CCOC2)c(=O)[nH]c1=O. The van der Waals surface area contributed by atoms with E-state index in [1.54, 1.807) is 0 Å². The Morgan fingerprint density at radius 3 is 3.00 bits per heavy atom. The highest BCUT2D eigenvalue weighted by atomic mass is 16.5. The van der Waals surface area contributed by atoms with Crippen LogP contribution in [0.25, 0.3) is 0 Å². The van der Waals surface area contributed by atoms with Crippen molar-refractivity contribution in [2.24, 2.45) is 5.92 Å². The van der Waals surface area contributed by atoms with E-state index in [1.165, 1.54) is 11.7 Å². The van der Waals surface area contributed by atoms with E-state index in [0.717, 1.165) is 13.0 Å². The number of hydrogen-bond donors (Lipinski definition) is 3. The van der Waals surface area contributed by atoms with Crippen LogP contribution >= 0.6 is 0 Å². The number of aromatic amines is 1. The molecule has 1 saturated heterocycles. The molecule has 1 aromatic heterocycles. The monoisotopic (exact) mass is 284 g/mol. The van der Waals surface area contributed by atoms with E-state index in [9.17, 15) is 9.59 Å². The van der Waals surface area contributed by atoms with Gasteiger partial charge in [0.1, 0.15) is 11.5 Å². The fraction of sp³-hybridized carbons (Fsp3) is 0.667. The van der Waals surface area contributed by atoms with Crippen molar-refractivity contribution in [2.45, 2.75) is 13.0 Å². The normalized spacial score (nSPS) is 18.4. The van der Waals surface area contributed by atoms with Gasteiger partial charge in [0.2, 0.25) is 0 Å². The number of ether oxygens (including phenoxy) is 2. The number of anilines is 2. The first-order chi connectivity index (χ1) is 9.63. The molecular weight excluding hydrogens is 264 g/mol. The van der Waals surface area contributed by atoms with Gasteiger partial charge in [-0.3, -0.25) is 14.3 Å². The van der Waals surface area contributed by atoms with Gasteiger partial charge in [-0.1, -0.05) is 0 Å². The maximum absolute atomic E-state index is 11.8. The van der Waals surface area contributed by atoms with Gasteiger partial charge < -0.3 is 20.5 Å². The van der Waals surface area contributed by atoms with Gasteiger partial charge in [-0.2, -0.15) is 0 Å². The third kappa shape index (κ3) is 3.20. The summed E-state index contributed by atoms with van der Waals surface area (Å²) in [6.07, 6.45) is 0.953. The van der Waals surface area contributed by atoms with Crippen LogP contribution in [0.4, 0.5) is 11.5 Å². The van der Waals surface area contributed by atoms with Crippen LogP contribution in [0.15, 0.2) is 9.59 Å². The van der Waals surface area contributed by atoms with Crippen LogP contribution in [0.3, 0.4) is 0 Å². The van der Waals surface area contributed by atoms with Crippen LogP contribution < -0.4 is 22.3 Å². The third-order valence-electron chi connectivity index (χ3n) is 3.35. The molecule has 20 heavy (non-hydrogen) atoms. The van der Waals surface area contributed by atoms with Crippen LogP contribution in [0, 0.1) is 5.92 Å². The van der Waals surface area contributed by atoms with E-state index in [-0.39, 0.29) is 11.5 Å². The highest BCUT2D eigenvalue weighted by Crippen LogP contribution is 2.15. The Balaban J connectivity index is 2.18. The molecular formula is C12H20N4O4. The largest absolute Gasteiger partial charge is 0.383 e. The van der Waals surface area contributed by atoms with Gasteiger partial charge in [0.25, 0.3) is 5.56 Å². The Bertz CT molecular complexity index is 560. The number of nitrogens with zero attached hydrogens (tertiary/aromatic N) is 1. The second-order valence-corrected chi connectivity index (χ2v) is 4.77. The summed E-state index contributed by atoms with van der Waals surface area (Å²) in [4.78, 5) is 25.8. The van der Waals surface area contributed by atoms with Crippen molar-refractivity contribution < 1.29 is 9.47 Å². The lowest BCUT2D eigenvalue weighted by Crippen LogP contribution is -2.35. The summed E-state index contributed by atoms with van der Waals surface area (Å²) in [5.74, 6) is 0.489. The molecule has 1 atom stereocenters. The summed E-state index contributed by atoms with van der Waals surface area (Å²) in [7, 11) is 1.53. The number of rotatable bonds is 6. The number of hydrogen-bond acceptors (Lipinski definition) is 6. The van der Waals surface area contributed by atoms with Gasteiger partial charge in [-0.25, -0.2) is 4.79 Å². The summed E-state index contributed by atoms with van der Waals surface area (Å²) >= 11 is 0. The Hall–Kier alpha value is -1.80. The number of H-pyrrole nitrogens is 1. The van der Waals surface area contributed by atoms with Crippen LogP contribution in [0.2, 0.25) is 0 Å². The van der Waals surface area contributed by atoms with Crippen molar-refractivity contribution in [1.29, 1.82) is 0 Å². The van der Waals surface area contributed by atoms with Crippen LogP contribution in [-0.4, -0.2) is 43.0 Å². The summed E-state index contributed by atoms with van der Waals surface area (Å²) in [6.45, 7) is 2.64. The first-order valence-corrected chi connectivity index (χ1v) is 6.56. The van der Waals surface area contributed by atoms with Gasteiger partial charge in [-0.05, 0) is 6.42 Å². The van der Waals surface area contributed by atoms with Gasteiger partial charge in [0, 0.05) is 26.2 Å². The number of nitrogen functional groups attached to an aromatic ring is 1. The van der Waals surface area contributed by atoms with E-state index in [0.29, 0.717) is 32.2 Å². The average molecular weight is 284 g/mol. The second-order valence-electron chi connectivity index (χ2n) is 4.77. The average Bonchev–Trinajstić information content (AvgIpc) is 2.91. The molecule has 4 N–H and O–H groups in total. The molecule has 0 aliphatic carbocycles. The number of aromatic nitrogens is 2. The molecule has 2 heterocycles. The van der Waals surface area contributed by atoms with Crippen molar-refractivity contribution >= 4 is 11.5 Å². The molecule has 1 aromatic rings. The summed E-state index contributed by atoms with van der Waals surface area (Å²) in [5, 5.41) is 3.02. The predicted octanol–water partition coefficient (Wildman–Crippen LogP) is -0.786. The Morgan fingerprint density at radius 1 is 1.55 bits per heavy atom. The molecule has 0 spiro atoms. The van der Waals surface area contributed by atoms with Gasteiger partial charge in [0.15, 0.2) is 0 Å². The molecule has 1 aliphatic heterocycles. The van der Waals surface area contributed by atoms with E-state index in [1.807, 2.05) is 0 Å². The molecule has 112 valence electrons. The molecule has 0 saturated carbocycles. The number of methoxy groups -OCH3 is 1. The van der Waals surface area contributed by atoms with Crippen molar-refractivity contribution in [3.63, 3.8) is 0 Å². The van der Waals surface area contributed by atoms with Crippen molar-refractivity contribution in [3.05, 3.63) is 20.8 Å². The smallest absolute Gasteiger partial charge is 0.330 e. The summed E-state index contributed by atoms with van der Waals surface area (Å²) in [6, 6.07) is 0. The first kappa shape index (κ1) is 14.6. The lowest BCUT2D eigenvalue weighted by Gasteiger charge is -2.15. The van der Waals surface area contributed by atoms with E-state index < -0.39 is 11.2 Å². The summed E-state index contributed by atoms with van der Waals surface area (Å²) in [5.41, 5.74) is 5.11. The Kier molecular flexibility index (Phi) is 4.80. The molecule has 1 fully saturated rings. The molecule has 8 nitrogen and oxygen atoms in total. The quantitative estimate of drug-likeness (QED) is 0.631. The predicted molar refractivity (Wildman–Crippen MR) is 75.0 cm³/mol. The molecule has 0 aromatic carbocycles. The van der Waals surface area contributed by atoms with Gasteiger partial charge in [0.05, 0.1) is 19.8 Å². The standard InChI is InChI=1S/C12H20N4O4/c1-19-5-3-16-10(13)9(11(17)15-12(16)18)14-6-8-2-4-20-7-8/h8,14H,2-7,13H2,1H3,(H,15,17,18). The number of nitrogens with one attached hydrogen (secondary N) is 2. The van der Waals surface area contributed by atoms with Crippen LogP contribution in [0.1, 0.15) is 6.42 Å². The van der Waals surface area contributed by atoms with Crippen molar-refractivity contribution in [2.75, 3.05) is 44.5 Å². The lowest BCUT2D eigenvalue weighted by molar-refractivity contribution is 0.186. The minimum atomic E-state index is -0.528. The third-order valence-corrected chi connectivity index (χ3v) is 3.35. The fourth-order valence-electron chi connectivity index (χ4n) is 2.15. The second kappa shape index (κ2) is 6.58. The van der Waals surface area contributed by atoms with Gasteiger partial charge >= 0.3 is 5.69 Å². The molecule has 0 radical (unpaired) electrons. The fourth-order valence-corrected chi connectivity index (χ4v) is 2.15. The molecule has 2 rings (SSSR count). The minimum Gasteiger partial charge on any atom is -0.383 e. The molecule has 1 unspecified atom stereocenters. The van der Waals surface area contributed by atoms with Crippen molar-refractivity contribution in [1.82, 2.24) is 9.55 Å². The Labute approximate surface area is 115 Å². The lowest BCUT2D eigenvalue weighted by atomic mass is 10.1. The number of nitrogens with two attached hydrogens (primary N) is 1. The summed E-state index contributed by atoms with van der Waals surface area (Å²) < 4.78 is 11.5. The first-order valence-electron chi connectivity index (χ1n) is 6.56. The van der Waals surface area contributed by atoms with E-state index >= 15 is 0 Å². The zero-order valence-electron chi connectivity index (χ0n) is 11.5.